The molecular formula is C48H85NO7P+. The quantitative estimate of drug-likeness (QED) is 0.0216. The van der Waals surface area contributed by atoms with Gasteiger partial charge in [0.15, 0.2) is 0 Å². The van der Waals surface area contributed by atoms with Crippen molar-refractivity contribution in [3.8, 4) is 0 Å². The second kappa shape index (κ2) is 40.5. The SMILES string of the molecule is CC/C=C\C/C=C\C/C=C\C/C=C\CCCCC(=O)OC(COCCCCCCCCC/C=C\C/C=C\C/C=C\CCCCC)COP(=O)(O)OCC[N+](C)(C)C. The third-order valence-electron chi connectivity index (χ3n) is 8.94. The lowest BCUT2D eigenvalue weighted by molar-refractivity contribution is -0.870. The summed E-state index contributed by atoms with van der Waals surface area (Å²) in [5, 5.41) is 0. The van der Waals surface area contributed by atoms with Crippen LogP contribution in [0, 0.1) is 0 Å². The van der Waals surface area contributed by atoms with Gasteiger partial charge < -0.3 is 18.9 Å². The van der Waals surface area contributed by atoms with Gasteiger partial charge in [-0.15, -0.1) is 0 Å². The van der Waals surface area contributed by atoms with E-state index in [0.717, 1.165) is 77.0 Å². The van der Waals surface area contributed by atoms with Gasteiger partial charge in [-0.1, -0.05) is 144 Å². The van der Waals surface area contributed by atoms with Crippen molar-refractivity contribution in [2.75, 3.05) is 54.1 Å². The van der Waals surface area contributed by atoms with Gasteiger partial charge in [0.05, 0.1) is 34.4 Å². The minimum Gasteiger partial charge on any atom is -0.457 e. The monoisotopic (exact) mass is 819 g/mol. The highest BCUT2D eigenvalue weighted by atomic mass is 31.2. The van der Waals surface area contributed by atoms with E-state index in [1.807, 2.05) is 21.1 Å². The van der Waals surface area contributed by atoms with Crippen LogP contribution in [0.25, 0.3) is 0 Å². The number of ether oxygens (including phenoxy) is 2. The first kappa shape index (κ1) is 54.7. The first-order valence-corrected chi connectivity index (χ1v) is 23.8. The van der Waals surface area contributed by atoms with Gasteiger partial charge >= 0.3 is 13.8 Å². The van der Waals surface area contributed by atoms with Gasteiger partial charge in [0.2, 0.25) is 0 Å². The molecule has 2 atom stereocenters. The van der Waals surface area contributed by atoms with Gasteiger partial charge in [0.25, 0.3) is 0 Å². The number of nitrogens with zero attached hydrogens (tertiary/aromatic N) is 1. The molecule has 0 rings (SSSR count). The Labute approximate surface area is 350 Å². The Bertz CT molecular complexity index is 1180. The Morgan fingerprint density at radius 2 is 1.02 bits per heavy atom. The van der Waals surface area contributed by atoms with E-state index in [0.29, 0.717) is 24.1 Å². The van der Waals surface area contributed by atoms with Gasteiger partial charge in [0, 0.05) is 13.0 Å². The number of unbranched alkanes of at least 4 members (excludes halogenated alkanes) is 12. The molecular weight excluding hydrogens is 734 g/mol. The normalized spacial score (nSPS) is 14.6. The number of phosphoric acid groups is 1. The summed E-state index contributed by atoms with van der Waals surface area (Å²) >= 11 is 0. The lowest BCUT2D eigenvalue weighted by atomic mass is 10.1. The number of likely N-dealkylation sites (N-methyl/N-ethyl adjacent to an activating group) is 1. The molecule has 0 spiro atoms. The number of allylic oxidation sites excluding steroid dienone is 14. The molecule has 0 aromatic rings. The molecule has 0 amide bonds. The van der Waals surface area contributed by atoms with E-state index in [9.17, 15) is 14.3 Å². The molecule has 0 radical (unpaired) electrons. The standard InChI is InChI=1S/C48H84NO7P/c1-6-8-10-12-14-16-18-20-22-23-24-25-26-28-30-32-34-36-38-40-43-53-45-47(46-55-57(51,52)54-44-42-49(3,4)5)56-48(50)41-39-37-35-33-31-29-27-21-19-17-15-13-11-9-7-2/h9,11,14-17,20-22,24-25,27,31,33,47H,6-8,10,12-13,18-19,23,26,28-30,32,34-46H2,1-5H3/p+1/b11-9-,16-14-,17-15-,22-20-,25-24-,27-21-,33-31-. The van der Waals surface area contributed by atoms with Crippen molar-refractivity contribution in [1.82, 2.24) is 0 Å². The first-order chi connectivity index (χ1) is 27.6. The number of hydrogen-bond donors (Lipinski definition) is 1. The Kier molecular flexibility index (Phi) is 38.8. The molecule has 57 heavy (non-hydrogen) atoms. The average Bonchev–Trinajstić information content (AvgIpc) is 3.16. The molecule has 0 bridgehead atoms. The molecule has 0 aromatic heterocycles. The van der Waals surface area contributed by atoms with Crippen LogP contribution in [-0.4, -0.2) is 75.6 Å². The number of carbonyl (C=O) groups is 1. The summed E-state index contributed by atoms with van der Waals surface area (Å²) in [5.41, 5.74) is 0. The zero-order valence-corrected chi connectivity index (χ0v) is 37.9. The van der Waals surface area contributed by atoms with Crippen LogP contribution in [0.5, 0.6) is 0 Å². The van der Waals surface area contributed by atoms with E-state index in [1.54, 1.807) is 0 Å². The fourth-order valence-electron chi connectivity index (χ4n) is 5.49. The van der Waals surface area contributed by atoms with E-state index >= 15 is 0 Å². The van der Waals surface area contributed by atoms with Crippen LogP contribution in [0.3, 0.4) is 0 Å². The van der Waals surface area contributed by atoms with Crippen LogP contribution in [0.1, 0.15) is 155 Å². The van der Waals surface area contributed by atoms with E-state index in [2.05, 4.69) is 98.9 Å². The van der Waals surface area contributed by atoms with Crippen molar-refractivity contribution in [2.45, 2.75) is 161 Å². The summed E-state index contributed by atoms with van der Waals surface area (Å²) in [5.74, 6) is -0.361. The van der Waals surface area contributed by atoms with E-state index in [1.165, 1.54) is 51.4 Å². The number of carbonyl (C=O) groups excluding carboxylic acids is 1. The summed E-state index contributed by atoms with van der Waals surface area (Å²) in [6.45, 7) is 5.37. The molecule has 0 aliphatic rings. The van der Waals surface area contributed by atoms with E-state index in [-0.39, 0.29) is 32.2 Å². The molecule has 328 valence electrons. The Balaban J connectivity index is 4.32. The fourth-order valence-corrected chi connectivity index (χ4v) is 6.23. The fraction of sp³-hybridized carbons (Fsp3) is 0.688. The third-order valence-corrected chi connectivity index (χ3v) is 9.92. The summed E-state index contributed by atoms with van der Waals surface area (Å²) in [4.78, 5) is 22.9. The summed E-state index contributed by atoms with van der Waals surface area (Å²) < 4.78 is 34.9. The smallest absolute Gasteiger partial charge is 0.457 e. The maximum Gasteiger partial charge on any atom is 0.472 e. The van der Waals surface area contributed by atoms with Crippen molar-refractivity contribution >= 4 is 13.8 Å². The largest absolute Gasteiger partial charge is 0.472 e. The summed E-state index contributed by atoms with van der Waals surface area (Å²) in [7, 11) is 1.62. The number of phosphoric ester groups is 1. The summed E-state index contributed by atoms with van der Waals surface area (Å²) in [6.07, 6.45) is 53.4. The highest BCUT2D eigenvalue weighted by Crippen LogP contribution is 2.43. The molecule has 0 aliphatic carbocycles. The first-order valence-electron chi connectivity index (χ1n) is 22.3. The summed E-state index contributed by atoms with van der Waals surface area (Å²) in [6, 6.07) is 0. The maximum absolute atomic E-state index is 12.7. The van der Waals surface area contributed by atoms with Gasteiger partial charge in [-0.25, -0.2) is 4.57 Å². The molecule has 0 aromatic carbocycles. The van der Waals surface area contributed by atoms with Crippen LogP contribution in [-0.2, 0) is 27.9 Å². The van der Waals surface area contributed by atoms with Crippen molar-refractivity contribution in [1.29, 1.82) is 0 Å². The minimum absolute atomic E-state index is 0.0735. The molecule has 0 saturated heterocycles. The van der Waals surface area contributed by atoms with E-state index in [4.69, 9.17) is 18.5 Å². The maximum atomic E-state index is 12.7. The van der Waals surface area contributed by atoms with Gasteiger partial charge in [-0.3, -0.25) is 13.8 Å². The molecule has 0 aliphatic heterocycles. The predicted octanol–water partition coefficient (Wildman–Crippen LogP) is 13.3. The Hall–Kier alpha value is -2.32. The average molecular weight is 819 g/mol. The van der Waals surface area contributed by atoms with Crippen LogP contribution < -0.4 is 0 Å². The van der Waals surface area contributed by atoms with Gasteiger partial charge in [-0.05, 0) is 89.9 Å². The van der Waals surface area contributed by atoms with Crippen molar-refractivity contribution in [3.63, 3.8) is 0 Å². The second-order valence-electron chi connectivity index (χ2n) is 15.7. The third kappa shape index (κ3) is 44.6. The highest BCUT2D eigenvalue weighted by molar-refractivity contribution is 7.47. The number of quaternary nitrogens is 1. The van der Waals surface area contributed by atoms with Crippen LogP contribution >= 0.6 is 7.82 Å². The molecule has 0 heterocycles. The highest BCUT2D eigenvalue weighted by Gasteiger charge is 2.26. The lowest BCUT2D eigenvalue weighted by Gasteiger charge is -2.24. The number of rotatable bonds is 40. The zero-order valence-electron chi connectivity index (χ0n) is 37.0. The second-order valence-corrected chi connectivity index (χ2v) is 17.1. The van der Waals surface area contributed by atoms with Gasteiger partial charge in [-0.2, -0.15) is 0 Å². The lowest BCUT2D eigenvalue weighted by Crippen LogP contribution is -2.37. The molecule has 2 unspecified atom stereocenters. The molecule has 9 heteroatoms. The molecule has 0 fully saturated rings. The topological polar surface area (TPSA) is 91.3 Å². The minimum atomic E-state index is -4.29. The Morgan fingerprint density at radius 1 is 0.561 bits per heavy atom. The van der Waals surface area contributed by atoms with Crippen molar-refractivity contribution < 1.29 is 37.3 Å². The van der Waals surface area contributed by atoms with Crippen molar-refractivity contribution in [2.24, 2.45) is 0 Å². The number of hydrogen-bond acceptors (Lipinski definition) is 6. The Morgan fingerprint density at radius 3 is 1.53 bits per heavy atom. The van der Waals surface area contributed by atoms with Crippen LogP contribution in [0.2, 0.25) is 0 Å². The van der Waals surface area contributed by atoms with Crippen LogP contribution in [0.15, 0.2) is 85.1 Å². The molecule has 0 saturated carbocycles. The van der Waals surface area contributed by atoms with E-state index < -0.39 is 13.9 Å². The number of esters is 1. The molecule has 8 nitrogen and oxygen atoms in total. The molecule has 1 N–H and O–H groups in total. The van der Waals surface area contributed by atoms with Gasteiger partial charge in [0.1, 0.15) is 19.3 Å². The zero-order chi connectivity index (χ0) is 42.0. The van der Waals surface area contributed by atoms with Crippen molar-refractivity contribution in [3.05, 3.63) is 85.1 Å². The van der Waals surface area contributed by atoms with Crippen LogP contribution in [0.4, 0.5) is 0 Å². The predicted molar refractivity (Wildman–Crippen MR) is 242 cm³/mol.